The van der Waals surface area contributed by atoms with E-state index in [1.165, 1.54) is 47.4 Å². The summed E-state index contributed by atoms with van der Waals surface area (Å²) in [5.74, 6) is -0.395. The first-order valence-electron chi connectivity index (χ1n) is 10.0. The summed E-state index contributed by atoms with van der Waals surface area (Å²) in [6.45, 7) is 3.24. The van der Waals surface area contributed by atoms with Gasteiger partial charge in [-0.05, 0) is 44.0 Å². The Labute approximate surface area is 188 Å². The molecule has 0 bridgehead atoms. The summed E-state index contributed by atoms with van der Waals surface area (Å²) in [6, 6.07) is 5.48. The third-order valence-electron chi connectivity index (χ3n) is 4.75. The van der Waals surface area contributed by atoms with E-state index in [4.69, 9.17) is 4.74 Å². The number of piperidine rings is 1. The molecule has 0 unspecified atom stereocenters. The Morgan fingerprint density at radius 3 is 2.65 bits per heavy atom. The van der Waals surface area contributed by atoms with Crippen LogP contribution in [0, 0.1) is 5.82 Å². The summed E-state index contributed by atoms with van der Waals surface area (Å²) in [4.78, 5) is 42.3. The lowest BCUT2D eigenvalue weighted by Crippen LogP contribution is -2.47. The highest BCUT2D eigenvalue weighted by molar-refractivity contribution is 8.01. The van der Waals surface area contributed by atoms with Crippen LogP contribution in [-0.4, -0.2) is 59.2 Å². The maximum absolute atomic E-state index is 13.0. The molecule has 0 saturated carbocycles. The lowest BCUT2D eigenvalue weighted by molar-refractivity contribution is -0.121. The molecule has 10 heteroatoms. The number of aromatic nitrogens is 1. The third kappa shape index (κ3) is 7.03. The van der Waals surface area contributed by atoms with E-state index >= 15 is 0 Å². The minimum absolute atomic E-state index is 0.0268. The Kier molecular flexibility index (Phi) is 8.42. The normalized spacial score (nSPS) is 14.3. The van der Waals surface area contributed by atoms with E-state index in [-0.39, 0.29) is 41.8 Å². The second-order valence-electron chi connectivity index (χ2n) is 7.03. The van der Waals surface area contributed by atoms with Crippen molar-refractivity contribution in [2.24, 2.45) is 0 Å². The molecule has 1 N–H and O–H groups in total. The second kappa shape index (κ2) is 11.2. The number of thioether (sulfide) groups is 1. The van der Waals surface area contributed by atoms with Gasteiger partial charge >= 0.3 is 6.09 Å². The van der Waals surface area contributed by atoms with Gasteiger partial charge in [-0.2, -0.15) is 0 Å². The minimum atomic E-state index is -0.378. The van der Waals surface area contributed by atoms with Crippen molar-refractivity contribution >= 4 is 40.9 Å². The Morgan fingerprint density at radius 2 is 1.97 bits per heavy atom. The number of nitrogens with zero attached hydrogens (tertiary/aromatic N) is 2. The van der Waals surface area contributed by atoms with Crippen LogP contribution in [0.2, 0.25) is 0 Å². The molecular formula is C21H24FN3O4S2. The topological polar surface area (TPSA) is 88.6 Å². The average Bonchev–Trinajstić information content (AvgIpc) is 3.20. The predicted molar refractivity (Wildman–Crippen MR) is 117 cm³/mol. The summed E-state index contributed by atoms with van der Waals surface area (Å²) in [5, 5.41) is 4.81. The van der Waals surface area contributed by atoms with E-state index < -0.39 is 0 Å². The molecule has 0 radical (unpaired) electrons. The van der Waals surface area contributed by atoms with E-state index in [9.17, 15) is 18.8 Å². The molecule has 2 heterocycles. The number of hydrogen-bond acceptors (Lipinski definition) is 7. The van der Waals surface area contributed by atoms with Gasteiger partial charge in [0, 0.05) is 30.1 Å². The van der Waals surface area contributed by atoms with Crippen molar-refractivity contribution in [2.75, 3.05) is 25.4 Å². The highest BCUT2D eigenvalue weighted by Crippen LogP contribution is 2.24. The highest BCUT2D eigenvalue weighted by Gasteiger charge is 2.24. The zero-order valence-electron chi connectivity index (χ0n) is 17.1. The molecule has 1 saturated heterocycles. The molecule has 1 aliphatic heterocycles. The molecule has 1 fully saturated rings. The van der Waals surface area contributed by atoms with Crippen LogP contribution < -0.4 is 5.32 Å². The monoisotopic (exact) mass is 465 g/mol. The van der Waals surface area contributed by atoms with E-state index in [0.29, 0.717) is 48.1 Å². The van der Waals surface area contributed by atoms with Crippen molar-refractivity contribution < 1.29 is 23.5 Å². The minimum Gasteiger partial charge on any atom is -0.450 e. The maximum Gasteiger partial charge on any atom is 0.409 e. The zero-order valence-corrected chi connectivity index (χ0v) is 18.8. The van der Waals surface area contributed by atoms with Crippen molar-refractivity contribution in [2.45, 2.75) is 36.6 Å². The molecule has 31 heavy (non-hydrogen) atoms. The maximum atomic E-state index is 13.0. The number of amides is 2. The van der Waals surface area contributed by atoms with Gasteiger partial charge in [0.15, 0.2) is 10.1 Å². The van der Waals surface area contributed by atoms with Crippen LogP contribution in [0.4, 0.5) is 9.18 Å². The number of likely N-dealkylation sites (tertiary alicyclic amines) is 1. The quantitative estimate of drug-likeness (QED) is 0.474. The van der Waals surface area contributed by atoms with E-state index in [1.807, 2.05) is 5.38 Å². The van der Waals surface area contributed by atoms with Crippen molar-refractivity contribution in [1.29, 1.82) is 0 Å². The summed E-state index contributed by atoms with van der Waals surface area (Å²) in [5.41, 5.74) is 1.11. The van der Waals surface area contributed by atoms with Crippen molar-refractivity contribution in [3.8, 4) is 0 Å². The smallest absolute Gasteiger partial charge is 0.409 e. The summed E-state index contributed by atoms with van der Waals surface area (Å²) in [6.07, 6.45) is 1.24. The lowest BCUT2D eigenvalue weighted by atomic mass is 10.1. The summed E-state index contributed by atoms with van der Waals surface area (Å²) >= 11 is 2.69. The first-order valence-corrected chi connectivity index (χ1v) is 11.9. The van der Waals surface area contributed by atoms with E-state index in [0.717, 1.165) is 0 Å². The standard InChI is InChI=1S/C21H24FN3O4S2/c1-2-29-21(28)25-9-7-16(8-10-25)23-19(27)11-17-12-30-20(24-17)31-13-18(26)14-3-5-15(22)6-4-14/h3-6,12,16H,2,7-11,13H2,1H3,(H,23,27). The van der Waals surface area contributed by atoms with Gasteiger partial charge in [-0.15, -0.1) is 11.3 Å². The SMILES string of the molecule is CCOC(=O)N1CCC(NC(=O)Cc2csc(SCC(=O)c3ccc(F)cc3)n2)CC1. The molecule has 1 aromatic carbocycles. The Hall–Kier alpha value is -2.46. The Balaban J connectivity index is 1.40. The van der Waals surface area contributed by atoms with Gasteiger partial charge in [-0.1, -0.05) is 11.8 Å². The zero-order chi connectivity index (χ0) is 22.2. The molecule has 0 aliphatic carbocycles. The number of carbonyl (C=O) groups is 3. The number of Topliss-reactive ketones (excluding diaryl/α,β-unsaturated/α-hetero) is 1. The van der Waals surface area contributed by atoms with Gasteiger partial charge < -0.3 is 15.0 Å². The van der Waals surface area contributed by atoms with Crippen LogP contribution in [0.5, 0.6) is 0 Å². The van der Waals surface area contributed by atoms with Crippen LogP contribution in [0.1, 0.15) is 35.8 Å². The van der Waals surface area contributed by atoms with Crippen molar-refractivity contribution in [1.82, 2.24) is 15.2 Å². The molecule has 0 spiro atoms. The number of ether oxygens (including phenoxy) is 1. The first kappa shape index (κ1) is 23.2. The molecule has 2 amide bonds. The van der Waals surface area contributed by atoms with Gasteiger partial charge in [0.25, 0.3) is 0 Å². The fourth-order valence-electron chi connectivity index (χ4n) is 3.15. The van der Waals surface area contributed by atoms with Crippen LogP contribution in [-0.2, 0) is 16.0 Å². The van der Waals surface area contributed by atoms with E-state index in [1.54, 1.807) is 11.8 Å². The number of rotatable bonds is 8. The number of carbonyl (C=O) groups excluding carboxylic acids is 3. The molecule has 1 aliphatic rings. The van der Waals surface area contributed by atoms with Crippen molar-refractivity contribution in [3.05, 3.63) is 46.7 Å². The third-order valence-corrected chi connectivity index (χ3v) is 6.82. The van der Waals surface area contributed by atoms with Gasteiger partial charge in [0.05, 0.1) is 24.5 Å². The molecule has 2 aromatic rings. The average molecular weight is 466 g/mol. The van der Waals surface area contributed by atoms with Gasteiger partial charge in [-0.3, -0.25) is 9.59 Å². The molecule has 1 aromatic heterocycles. The number of ketones is 1. The van der Waals surface area contributed by atoms with E-state index in [2.05, 4.69) is 10.3 Å². The number of halogens is 1. The molecule has 7 nitrogen and oxygen atoms in total. The Morgan fingerprint density at radius 1 is 1.26 bits per heavy atom. The van der Waals surface area contributed by atoms with Crippen LogP contribution in [0.3, 0.4) is 0 Å². The molecule has 3 rings (SSSR count). The largest absolute Gasteiger partial charge is 0.450 e. The van der Waals surface area contributed by atoms with Crippen molar-refractivity contribution in [3.63, 3.8) is 0 Å². The number of nitrogens with one attached hydrogen (secondary N) is 1. The highest BCUT2D eigenvalue weighted by atomic mass is 32.2. The number of hydrogen-bond donors (Lipinski definition) is 1. The Bertz CT molecular complexity index is 912. The van der Waals surface area contributed by atoms with Crippen LogP contribution in [0.15, 0.2) is 34.0 Å². The fraction of sp³-hybridized carbons (Fsp3) is 0.429. The van der Waals surface area contributed by atoms with Gasteiger partial charge in [0.1, 0.15) is 5.82 Å². The number of benzene rings is 1. The lowest BCUT2D eigenvalue weighted by Gasteiger charge is -2.31. The summed E-state index contributed by atoms with van der Waals surface area (Å²) < 4.78 is 18.7. The molecule has 166 valence electrons. The van der Waals surface area contributed by atoms with Gasteiger partial charge in [-0.25, -0.2) is 14.2 Å². The fourth-order valence-corrected chi connectivity index (χ4v) is 4.89. The molecule has 0 atom stereocenters. The van der Waals surface area contributed by atoms with Crippen LogP contribution in [0.25, 0.3) is 0 Å². The summed E-state index contributed by atoms with van der Waals surface area (Å²) in [7, 11) is 0. The second-order valence-corrected chi connectivity index (χ2v) is 9.11. The first-order chi connectivity index (χ1) is 14.9. The van der Waals surface area contributed by atoms with Crippen LogP contribution >= 0.6 is 23.1 Å². The predicted octanol–water partition coefficient (Wildman–Crippen LogP) is 3.54. The van der Waals surface area contributed by atoms with Gasteiger partial charge in [0.2, 0.25) is 5.91 Å². The molecular weight excluding hydrogens is 441 g/mol. The number of thiazole rings is 1.